The molecule has 0 radical (unpaired) electrons. The topological polar surface area (TPSA) is 70.1 Å². The van der Waals surface area contributed by atoms with Gasteiger partial charge in [0.1, 0.15) is 17.5 Å². The Hall–Kier alpha value is -1.36. The lowest BCUT2D eigenvalue weighted by Gasteiger charge is -2.26. The van der Waals surface area contributed by atoms with Crippen LogP contribution in [0.4, 0.5) is 11.6 Å². The van der Waals surface area contributed by atoms with Gasteiger partial charge in [0.05, 0.1) is 6.10 Å². The maximum Gasteiger partial charge on any atom is 0.134 e. The van der Waals surface area contributed by atoms with Gasteiger partial charge in [-0.05, 0) is 39.0 Å². The zero-order chi connectivity index (χ0) is 13.8. The molecule has 2 atom stereocenters. The highest BCUT2D eigenvalue weighted by Crippen LogP contribution is 2.25. The van der Waals surface area contributed by atoms with Crippen LogP contribution in [0.2, 0.25) is 0 Å². The summed E-state index contributed by atoms with van der Waals surface area (Å²) >= 11 is 0. The van der Waals surface area contributed by atoms with Crippen LogP contribution in [0.3, 0.4) is 0 Å². The summed E-state index contributed by atoms with van der Waals surface area (Å²) in [4.78, 5) is 8.82. The molecule has 1 fully saturated rings. The molecule has 106 valence electrons. The van der Waals surface area contributed by atoms with Crippen molar-refractivity contribution >= 4 is 11.6 Å². The Labute approximate surface area is 114 Å². The largest absolute Gasteiger partial charge is 0.393 e. The number of nitrogens with one attached hydrogen (secondary N) is 2. The highest BCUT2D eigenvalue weighted by Gasteiger charge is 2.20. The van der Waals surface area contributed by atoms with E-state index in [2.05, 4.69) is 20.6 Å². The second kappa shape index (κ2) is 6.19. The third kappa shape index (κ3) is 3.56. The van der Waals surface area contributed by atoms with E-state index in [1.165, 1.54) is 6.42 Å². The third-order valence-electron chi connectivity index (χ3n) is 3.81. The highest BCUT2D eigenvalue weighted by atomic mass is 16.3. The van der Waals surface area contributed by atoms with E-state index in [0.717, 1.165) is 48.8 Å². The molecule has 1 aliphatic rings. The molecule has 3 N–H and O–H groups in total. The first-order chi connectivity index (χ1) is 9.10. The van der Waals surface area contributed by atoms with E-state index in [1.54, 1.807) is 0 Å². The molecule has 2 rings (SSSR count). The molecule has 0 aliphatic heterocycles. The SMILES string of the molecule is CNc1nc(C)nc(NCC2CCCC(O)C2)c1C. The summed E-state index contributed by atoms with van der Waals surface area (Å²) in [7, 11) is 1.87. The predicted octanol–water partition coefficient (Wildman–Crippen LogP) is 2.10. The Morgan fingerprint density at radius 1 is 1.21 bits per heavy atom. The van der Waals surface area contributed by atoms with Gasteiger partial charge in [0.15, 0.2) is 0 Å². The zero-order valence-corrected chi connectivity index (χ0v) is 12.0. The molecule has 5 heteroatoms. The van der Waals surface area contributed by atoms with Gasteiger partial charge in [0.2, 0.25) is 0 Å². The van der Waals surface area contributed by atoms with Crippen molar-refractivity contribution in [2.45, 2.75) is 45.6 Å². The van der Waals surface area contributed by atoms with Gasteiger partial charge in [-0.1, -0.05) is 6.42 Å². The van der Waals surface area contributed by atoms with Crippen molar-refractivity contribution in [1.29, 1.82) is 0 Å². The van der Waals surface area contributed by atoms with E-state index < -0.39 is 0 Å². The van der Waals surface area contributed by atoms with Gasteiger partial charge in [-0.15, -0.1) is 0 Å². The highest BCUT2D eigenvalue weighted by molar-refractivity contribution is 5.56. The smallest absolute Gasteiger partial charge is 0.134 e. The van der Waals surface area contributed by atoms with E-state index >= 15 is 0 Å². The molecule has 1 heterocycles. The Bertz CT molecular complexity index is 436. The first-order valence-electron chi connectivity index (χ1n) is 7.05. The molecule has 2 unspecified atom stereocenters. The molecule has 0 aromatic carbocycles. The zero-order valence-electron chi connectivity index (χ0n) is 12.0. The van der Waals surface area contributed by atoms with Gasteiger partial charge in [-0.3, -0.25) is 0 Å². The molecule has 0 bridgehead atoms. The van der Waals surface area contributed by atoms with Gasteiger partial charge in [-0.25, -0.2) is 9.97 Å². The Morgan fingerprint density at radius 3 is 2.63 bits per heavy atom. The fourth-order valence-corrected chi connectivity index (χ4v) is 2.73. The summed E-state index contributed by atoms with van der Waals surface area (Å²) < 4.78 is 0. The summed E-state index contributed by atoms with van der Waals surface area (Å²) in [6.45, 7) is 4.79. The average molecular weight is 264 g/mol. The second-order valence-electron chi connectivity index (χ2n) is 5.41. The molecule has 5 nitrogen and oxygen atoms in total. The summed E-state index contributed by atoms with van der Waals surface area (Å²) in [5.74, 6) is 3.08. The van der Waals surface area contributed by atoms with Crippen LogP contribution in [-0.4, -0.2) is 34.8 Å². The van der Waals surface area contributed by atoms with E-state index in [4.69, 9.17) is 0 Å². The first-order valence-corrected chi connectivity index (χ1v) is 7.05. The average Bonchev–Trinajstić information content (AvgIpc) is 2.39. The van der Waals surface area contributed by atoms with Crippen LogP contribution >= 0.6 is 0 Å². The van der Waals surface area contributed by atoms with Gasteiger partial charge < -0.3 is 15.7 Å². The second-order valence-corrected chi connectivity index (χ2v) is 5.41. The minimum atomic E-state index is -0.123. The van der Waals surface area contributed by atoms with Gasteiger partial charge in [0.25, 0.3) is 0 Å². The lowest BCUT2D eigenvalue weighted by Crippen LogP contribution is -2.25. The molecule has 1 aromatic heterocycles. The fraction of sp³-hybridized carbons (Fsp3) is 0.714. The third-order valence-corrected chi connectivity index (χ3v) is 3.81. The quantitative estimate of drug-likeness (QED) is 0.777. The number of hydrogen-bond donors (Lipinski definition) is 3. The van der Waals surface area contributed by atoms with Crippen molar-refractivity contribution in [3.63, 3.8) is 0 Å². The fourth-order valence-electron chi connectivity index (χ4n) is 2.73. The lowest BCUT2D eigenvalue weighted by molar-refractivity contribution is 0.104. The summed E-state index contributed by atoms with van der Waals surface area (Å²) in [5.41, 5.74) is 1.05. The number of aryl methyl sites for hydroxylation is 1. The molecule has 0 spiro atoms. The monoisotopic (exact) mass is 264 g/mol. The molecular weight excluding hydrogens is 240 g/mol. The van der Waals surface area contributed by atoms with Crippen LogP contribution in [0, 0.1) is 19.8 Å². The lowest BCUT2D eigenvalue weighted by atomic mass is 9.87. The molecule has 19 heavy (non-hydrogen) atoms. The number of aromatic nitrogens is 2. The maximum absolute atomic E-state index is 9.69. The van der Waals surface area contributed by atoms with Crippen molar-refractivity contribution in [3.05, 3.63) is 11.4 Å². The van der Waals surface area contributed by atoms with E-state index in [0.29, 0.717) is 5.92 Å². The van der Waals surface area contributed by atoms with Crippen LogP contribution in [0.5, 0.6) is 0 Å². The molecular formula is C14H24N4O. The summed E-state index contributed by atoms with van der Waals surface area (Å²) in [6.07, 6.45) is 4.03. The number of nitrogens with zero attached hydrogens (tertiary/aromatic N) is 2. The van der Waals surface area contributed by atoms with Gasteiger partial charge in [0, 0.05) is 19.2 Å². The Kier molecular flexibility index (Phi) is 4.58. The van der Waals surface area contributed by atoms with Crippen LogP contribution < -0.4 is 10.6 Å². The van der Waals surface area contributed by atoms with Gasteiger partial charge in [-0.2, -0.15) is 0 Å². The number of anilines is 2. The summed E-state index contributed by atoms with van der Waals surface area (Å²) in [6, 6.07) is 0. The van der Waals surface area contributed by atoms with Crippen molar-refractivity contribution in [2.75, 3.05) is 24.2 Å². The molecule has 1 aliphatic carbocycles. The van der Waals surface area contributed by atoms with E-state index in [9.17, 15) is 5.11 Å². The minimum Gasteiger partial charge on any atom is -0.393 e. The molecule has 1 aromatic rings. The van der Waals surface area contributed by atoms with Crippen LogP contribution in [-0.2, 0) is 0 Å². The summed E-state index contributed by atoms with van der Waals surface area (Å²) in [5, 5.41) is 16.2. The molecule has 1 saturated carbocycles. The first kappa shape index (κ1) is 14.1. The maximum atomic E-state index is 9.69. The number of hydrogen-bond acceptors (Lipinski definition) is 5. The number of rotatable bonds is 4. The van der Waals surface area contributed by atoms with Crippen LogP contribution in [0.15, 0.2) is 0 Å². The Morgan fingerprint density at radius 2 is 1.95 bits per heavy atom. The van der Waals surface area contributed by atoms with Crippen molar-refractivity contribution in [3.8, 4) is 0 Å². The van der Waals surface area contributed by atoms with Crippen molar-refractivity contribution in [1.82, 2.24) is 9.97 Å². The van der Waals surface area contributed by atoms with Gasteiger partial charge >= 0.3 is 0 Å². The molecule has 0 saturated heterocycles. The van der Waals surface area contributed by atoms with E-state index in [1.807, 2.05) is 20.9 Å². The van der Waals surface area contributed by atoms with E-state index in [-0.39, 0.29) is 6.10 Å². The standard InChI is InChI=1S/C14H24N4O/c1-9-13(15-3)17-10(2)18-14(9)16-8-11-5-4-6-12(19)7-11/h11-12,19H,4-8H2,1-3H3,(H2,15,16,17,18). The normalized spacial score (nSPS) is 23.2. The molecule has 0 amide bonds. The number of aliphatic hydroxyl groups is 1. The minimum absolute atomic E-state index is 0.123. The van der Waals surface area contributed by atoms with Crippen molar-refractivity contribution < 1.29 is 5.11 Å². The Balaban J connectivity index is 2.01. The number of aliphatic hydroxyl groups excluding tert-OH is 1. The van der Waals surface area contributed by atoms with Crippen LogP contribution in [0.25, 0.3) is 0 Å². The van der Waals surface area contributed by atoms with Crippen molar-refractivity contribution in [2.24, 2.45) is 5.92 Å². The predicted molar refractivity (Wildman–Crippen MR) is 77.5 cm³/mol. The van der Waals surface area contributed by atoms with Crippen LogP contribution in [0.1, 0.15) is 37.1 Å².